The summed E-state index contributed by atoms with van der Waals surface area (Å²) in [6, 6.07) is 13.1. The summed E-state index contributed by atoms with van der Waals surface area (Å²) in [7, 11) is 3.23. The molecule has 0 saturated heterocycles. The first kappa shape index (κ1) is 16.0. The zero-order valence-electron chi connectivity index (χ0n) is 13.3. The smallest absolute Gasteiger partial charge is 0.250 e. The van der Waals surface area contributed by atoms with Gasteiger partial charge >= 0.3 is 0 Å². The quantitative estimate of drug-likeness (QED) is 0.714. The van der Waals surface area contributed by atoms with Gasteiger partial charge in [0.2, 0.25) is 5.91 Å². The molecule has 0 aliphatic rings. The van der Waals surface area contributed by atoms with E-state index in [0.29, 0.717) is 5.13 Å². The van der Waals surface area contributed by atoms with Crippen LogP contribution in [0, 0.1) is 0 Å². The lowest BCUT2D eigenvalue weighted by Crippen LogP contribution is -2.07. The first-order valence-electron chi connectivity index (χ1n) is 7.25. The second-order valence-electron chi connectivity index (χ2n) is 4.95. The molecule has 0 saturated carbocycles. The van der Waals surface area contributed by atoms with Gasteiger partial charge in [-0.1, -0.05) is 23.5 Å². The number of hydrogen-bond donors (Lipinski definition) is 1. The standard InChI is InChI=1S/C18H16N2O3S/c1-22-13-5-3-4-12(10-13)6-9-17(21)20-18-19-15-8-7-14(23-2)11-16(15)24-18/h3-11H,1-2H3,(H,19,20,21). The molecule has 122 valence electrons. The van der Waals surface area contributed by atoms with Crippen LogP contribution in [0.4, 0.5) is 5.13 Å². The van der Waals surface area contributed by atoms with E-state index in [-0.39, 0.29) is 5.91 Å². The molecular weight excluding hydrogens is 324 g/mol. The number of nitrogens with one attached hydrogen (secondary N) is 1. The van der Waals surface area contributed by atoms with Crippen molar-refractivity contribution in [3.8, 4) is 11.5 Å². The molecule has 6 heteroatoms. The summed E-state index contributed by atoms with van der Waals surface area (Å²) >= 11 is 1.41. The zero-order valence-corrected chi connectivity index (χ0v) is 14.1. The number of hydrogen-bond acceptors (Lipinski definition) is 5. The highest BCUT2D eigenvalue weighted by Crippen LogP contribution is 2.29. The summed E-state index contributed by atoms with van der Waals surface area (Å²) in [5.74, 6) is 1.28. The Morgan fingerprint density at radius 3 is 2.71 bits per heavy atom. The van der Waals surface area contributed by atoms with Gasteiger partial charge in [-0.2, -0.15) is 0 Å². The second-order valence-corrected chi connectivity index (χ2v) is 5.98. The molecule has 3 aromatic rings. The topological polar surface area (TPSA) is 60.5 Å². The molecule has 1 N–H and O–H groups in total. The van der Waals surface area contributed by atoms with Crippen LogP contribution in [-0.2, 0) is 4.79 Å². The molecule has 24 heavy (non-hydrogen) atoms. The lowest BCUT2D eigenvalue weighted by Gasteiger charge is -2.00. The van der Waals surface area contributed by atoms with Gasteiger partial charge in [0.25, 0.3) is 0 Å². The molecule has 0 unspecified atom stereocenters. The molecule has 0 radical (unpaired) electrons. The van der Waals surface area contributed by atoms with Gasteiger partial charge in [-0.3, -0.25) is 10.1 Å². The highest BCUT2D eigenvalue weighted by molar-refractivity contribution is 7.22. The van der Waals surface area contributed by atoms with Crippen molar-refractivity contribution in [1.82, 2.24) is 4.98 Å². The van der Waals surface area contributed by atoms with Crippen molar-refractivity contribution in [3.05, 3.63) is 54.1 Å². The van der Waals surface area contributed by atoms with Crippen molar-refractivity contribution in [2.75, 3.05) is 19.5 Å². The van der Waals surface area contributed by atoms with Crippen molar-refractivity contribution in [2.24, 2.45) is 0 Å². The summed E-state index contributed by atoms with van der Waals surface area (Å²) in [6.07, 6.45) is 3.20. The lowest BCUT2D eigenvalue weighted by atomic mass is 10.2. The van der Waals surface area contributed by atoms with Crippen molar-refractivity contribution >= 4 is 38.7 Å². The van der Waals surface area contributed by atoms with Crippen molar-refractivity contribution in [2.45, 2.75) is 0 Å². The Kier molecular flexibility index (Phi) is 4.77. The molecule has 0 fully saturated rings. The van der Waals surface area contributed by atoms with E-state index in [1.807, 2.05) is 42.5 Å². The number of thiazole rings is 1. The fraction of sp³-hybridized carbons (Fsp3) is 0.111. The van der Waals surface area contributed by atoms with Crippen LogP contribution in [-0.4, -0.2) is 25.1 Å². The third-order valence-corrected chi connectivity index (χ3v) is 4.28. The molecule has 0 aliphatic heterocycles. The van der Waals surface area contributed by atoms with Gasteiger partial charge in [0.1, 0.15) is 11.5 Å². The highest BCUT2D eigenvalue weighted by Gasteiger charge is 2.07. The lowest BCUT2D eigenvalue weighted by molar-refractivity contribution is -0.111. The Balaban J connectivity index is 1.71. The van der Waals surface area contributed by atoms with Gasteiger partial charge in [0.15, 0.2) is 5.13 Å². The summed E-state index contributed by atoms with van der Waals surface area (Å²) < 4.78 is 11.3. The molecule has 3 rings (SSSR count). The van der Waals surface area contributed by atoms with Gasteiger partial charge in [-0.05, 0) is 42.0 Å². The van der Waals surface area contributed by atoms with Crippen LogP contribution in [0.2, 0.25) is 0 Å². The summed E-state index contributed by atoms with van der Waals surface area (Å²) in [5, 5.41) is 3.33. The molecule has 0 aliphatic carbocycles. The maximum absolute atomic E-state index is 12.1. The molecule has 1 heterocycles. The van der Waals surface area contributed by atoms with E-state index in [1.54, 1.807) is 20.3 Å². The third-order valence-electron chi connectivity index (χ3n) is 3.35. The van der Waals surface area contributed by atoms with E-state index in [0.717, 1.165) is 27.3 Å². The minimum absolute atomic E-state index is 0.233. The van der Waals surface area contributed by atoms with Crippen LogP contribution >= 0.6 is 11.3 Å². The van der Waals surface area contributed by atoms with E-state index in [9.17, 15) is 4.79 Å². The number of benzene rings is 2. The molecular formula is C18H16N2O3S. The fourth-order valence-electron chi connectivity index (χ4n) is 2.15. The van der Waals surface area contributed by atoms with Crippen LogP contribution in [0.15, 0.2) is 48.5 Å². The van der Waals surface area contributed by atoms with Crippen LogP contribution in [0.3, 0.4) is 0 Å². The van der Waals surface area contributed by atoms with Crippen molar-refractivity contribution in [3.63, 3.8) is 0 Å². The summed E-state index contributed by atoms with van der Waals surface area (Å²) in [4.78, 5) is 16.4. The van der Waals surface area contributed by atoms with E-state index < -0.39 is 0 Å². The first-order valence-corrected chi connectivity index (χ1v) is 8.07. The summed E-state index contributed by atoms with van der Waals surface area (Å²) in [5.41, 5.74) is 1.71. The molecule has 0 bridgehead atoms. The Bertz CT molecular complexity index is 902. The number of carbonyl (C=O) groups excluding carboxylic acids is 1. The van der Waals surface area contributed by atoms with E-state index in [4.69, 9.17) is 9.47 Å². The zero-order chi connectivity index (χ0) is 16.9. The van der Waals surface area contributed by atoms with Crippen LogP contribution in [0.5, 0.6) is 11.5 Å². The monoisotopic (exact) mass is 340 g/mol. The van der Waals surface area contributed by atoms with E-state index in [1.165, 1.54) is 17.4 Å². The normalized spacial score (nSPS) is 10.9. The van der Waals surface area contributed by atoms with Crippen LogP contribution in [0.25, 0.3) is 16.3 Å². The number of aromatic nitrogens is 1. The largest absolute Gasteiger partial charge is 0.497 e. The van der Waals surface area contributed by atoms with Gasteiger partial charge in [-0.25, -0.2) is 4.98 Å². The molecule has 5 nitrogen and oxygen atoms in total. The van der Waals surface area contributed by atoms with Gasteiger partial charge in [0, 0.05) is 6.08 Å². The number of fused-ring (bicyclic) bond motifs is 1. The predicted octanol–water partition coefficient (Wildman–Crippen LogP) is 3.97. The average molecular weight is 340 g/mol. The second kappa shape index (κ2) is 7.14. The Morgan fingerprint density at radius 1 is 1.12 bits per heavy atom. The number of nitrogens with zero attached hydrogens (tertiary/aromatic N) is 1. The fourth-order valence-corrected chi connectivity index (χ4v) is 3.05. The predicted molar refractivity (Wildman–Crippen MR) is 96.8 cm³/mol. The molecule has 0 atom stereocenters. The number of anilines is 1. The van der Waals surface area contributed by atoms with E-state index in [2.05, 4.69) is 10.3 Å². The van der Waals surface area contributed by atoms with Crippen LogP contribution < -0.4 is 14.8 Å². The SMILES string of the molecule is COc1cccc(C=CC(=O)Nc2nc3ccc(OC)cc3s2)c1. The van der Waals surface area contributed by atoms with E-state index >= 15 is 0 Å². The maximum atomic E-state index is 12.1. The maximum Gasteiger partial charge on any atom is 0.250 e. The summed E-state index contributed by atoms with van der Waals surface area (Å²) in [6.45, 7) is 0. The third kappa shape index (κ3) is 3.72. The van der Waals surface area contributed by atoms with Gasteiger partial charge in [0.05, 0.1) is 24.4 Å². The number of ether oxygens (including phenoxy) is 2. The van der Waals surface area contributed by atoms with Crippen molar-refractivity contribution < 1.29 is 14.3 Å². The van der Waals surface area contributed by atoms with Gasteiger partial charge in [-0.15, -0.1) is 0 Å². The Hall–Kier alpha value is -2.86. The number of amides is 1. The Labute approximate surface area is 143 Å². The molecule has 2 aromatic carbocycles. The highest BCUT2D eigenvalue weighted by atomic mass is 32.1. The minimum Gasteiger partial charge on any atom is -0.497 e. The van der Waals surface area contributed by atoms with Gasteiger partial charge < -0.3 is 9.47 Å². The van der Waals surface area contributed by atoms with Crippen molar-refractivity contribution in [1.29, 1.82) is 0 Å². The average Bonchev–Trinajstić information content (AvgIpc) is 3.01. The Morgan fingerprint density at radius 2 is 1.92 bits per heavy atom. The molecule has 1 amide bonds. The molecule has 0 spiro atoms. The minimum atomic E-state index is -0.233. The number of methoxy groups -OCH3 is 2. The molecule has 1 aromatic heterocycles. The number of carbonyl (C=O) groups is 1. The van der Waals surface area contributed by atoms with Crippen LogP contribution in [0.1, 0.15) is 5.56 Å². The first-order chi connectivity index (χ1) is 11.7. The number of rotatable bonds is 5.